The van der Waals surface area contributed by atoms with E-state index in [2.05, 4.69) is 21.7 Å². The molecule has 0 saturated carbocycles. The van der Waals surface area contributed by atoms with Gasteiger partial charge >= 0.3 is 0 Å². The molecule has 1 aromatic rings. The van der Waals surface area contributed by atoms with Gasteiger partial charge in [-0.2, -0.15) is 0 Å². The van der Waals surface area contributed by atoms with Crippen LogP contribution in [0.15, 0.2) is 29.3 Å². The Labute approximate surface area is 126 Å². The summed E-state index contributed by atoms with van der Waals surface area (Å²) in [6.07, 6.45) is 2.58. The Bertz CT molecular complexity index is 457. The zero-order valence-electron chi connectivity index (χ0n) is 12.9. The van der Waals surface area contributed by atoms with Crippen LogP contribution in [-0.4, -0.2) is 38.9 Å². The Morgan fingerprint density at radius 2 is 2.24 bits per heavy atom. The van der Waals surface area contributed by atoms with Crippen molar-refractivity contribution in [1.82, 2.24) is 10.6 Å². The SMILES string of the molecule is CCOc1ccccc1CNC(=NC)NCC1CCCO1. The zero-order chi connectivity index (χ0) is 14.9. The summed E-state index contributed by atoms with van der Waals surface area (Å²) in [5.74, 6) is 1.71. The molecule has 116 valence electrons. The molecule has 1 fully saturated rings. The Balaban J connectivity index is 1.82. The molecule has 1 saturated heterocycles. The van der Waals surface area contributed by atoms with Gasteiger partial charge in [0.05, 0.1) is 12.7 Å². The second kappa shape index (κ2) is 8.52. The van der Waals surface area contributed by atoms with E-state index in [0.29, 0.717) is 19.3 Å². The van der Waals surface area contributed by atoms with Gasteiger partial charge < -0.3 is 20.1 Å². The third-order valence-corrected chi connectivity index (χ3v) is 3.46. The summed E-state index contributed by atoms with van der Waals surface area (Å²) in [5, 5.41) is 6.62. The van der Waals surface area contributed by atoms with Crippen molar-refractivity contribution in [2.75, 3.05) is 26.8 Å². The number of guanidine groups is 1. The molecule has 0 radical (unpaired) electrons. The molecular weight excluding hydrogens is 266 g/mol. The van der Waals surface area contributed by atoms with Crippen LogP contribution in [-0.2, 0) is 11.3 Å². The van der Waals surface area contributed by atoms with E-state index in [1.807, 2.05) is 25.1 Å². The minimum atomic E-state index is 0.305. The quantitative estimate of drug-likeness (QED) is 0.621. The molecule has 0 aliphatic carbocycles. The summed E-state index contributed by atoms with van der Waals surface area (Å²) in [6.45, 7) is 5.02. The minimum Gasteiger partial charge on any atom is -0.494 e. The van der Waals surface area contributed by atoms with Crippen molar-refractivity contribution in [3.05, 3.63) is 29.8 Å². The predicted octanol–water partition coefficient (Wildman–Crippen LogP) is 1.93. The van der Waals surface area contributed by atoms with E-state index in [1.54, 1.807) is 7.05 Å². The molecule has 2 N–H and O–H groups in total. The molecule has 1 aliphatic rings. The molecule has 1 atom stereocenters. The van der Waals surface area contributed by atoms with Crippen LogP contribution in [0.5, 0.6) is 5.75 Å². The third-order valence-electron chi connectivity index (χ3n) is 3.46. The number of para-hydroxylation sites is 1. The second-order valence-electron chi connectivity index (χ2n) is 4.98. The molecule has 0 aromatic heterocycles. The Kier molecular flexibility index (Phi) is 6.34. The van der Waals surface area contributed by atoms with Crippen molar-refractivity contribution in [2.24, 2.45) is 4.99 Å². The van der Waals surface area contributed by atoms with Crippen molar-refractivity contribution in [3.63, 3.8) is 0 Å². The van der Waals surface area contributed by atoms with Crippen LogP contribution < -0.4 is 15.4 Å². The van der Waals surface area contributed by atoms with Gasteiger partial charge in [-0.05, 0) is 25.8 Å². The maximum atomic E-state index is 5.62. The van der Waals surface area contributed by atoms with Crippen LogP contribution in [0.3, 0.4) is 0 Å². The number of ether oxygens (including phenoxy) is 2. The largest absolute Gasteiger partial charge is 0.494 e. The molecule has 21 heavy (non-hydrogen) atoms. The van der Waals surface area contributed by atoms with E-state index < -0.39 is 0 Å². The molecule has 0 spiro atoms. The van der Waals surface area contributed by atoms with Crippen molar-refractivity contribution in [2.45, 2.75) is 32.4 Å². The first-order valence-electron chi connectivity index (χ1n) is 7.60. The van der Waals surface area contributed by atoms with E-state index in [1.165, 1.54) is 0 Å². The standard InChI is InChI=1S/C16H25N3O2/c1-3-20-15-9-5-4-7-13(15)11-18-16(17-2)19-12-14-8-6-10-21-14/h4-5,7,9,14H,3,6,8,10-12H2,1-2H3,(H2,17,18,19). The lowest BCUT2D eigenvalue weighted by Gasteiger charge is -2.16. The molecule has 1 heterocycles. The Morgan fingerprint density at radius 3 is 2.95 bits per heavy atom. The van der Waals surface area contributed by atoms with Crippen molar-refractivity contribution >= 4 is 5.96 Å². The first-order chi connectivity index (χ1) is 10.3. The molecule has 5 nitrogen and oxygen atoms in total. The van der Waals surface area contributed by atoms with Gasteiger partial charge in [0.1, 0.15) is 5.75 Å². The number of nitrogens with one attached hydrogen (secondary N) is 2. The van der Waals surface area contributed by atoms with Gasteiger partial charge in [-0.15, -0.1) is 0 Å². The number of benzene rings is 1. The van der Waals surface area contributed by atoms with Crippen LogP contribution in [0.2, 0.25) is 0 Å². The summed E-state index contributed by atoms with van der Waals surface area (Å²) >= 11 is 0. The lowest BCUT2D eigenvalue weighted by Crippen LogP contribution is -2.40. The van der Waals surface area contributed by atoms with Gasteiger partial charge in [0, 0.05) is 32.3 Å². The molecule has 0 amide bonds. The van der Waals surface area contributed by atoms with Crippen LogP contribution in [0.4, 0.5) is 0 Å². The highest BCUT2D eigenvalue weighted by molar-refractivity contribution is 5.79. The summed E-state index contributed by atoms with van der Waals surface area (Å²) in [5.41, 5.74) is 1.12. The average Bonchev–Trinajstić information content (AvgIpc) is 3.02. The van der Waals surface area contributed by atoms with Crippen LogP contribution in [0.1, 0.15) is 25.3 Å². The number of aliphatic imine (C=N–C) groups is 1. The molecule has 5 heteroatoms. The fourth-order valence-electron chi connectivity index (χ4n) is 2.36. The molecule has 1 aliphatic heterocycles. The van der Waals surface area contributed by atoms with Crippen LogP contribution in [0.25, 0.3) is 0 Å². The lowest BCUT2D eigenvalue weighted by atomic mass is 10.2. The smallest absolute Gasteiger partial charge is 0.191 e. The van der Waals surface area contributed by atoms with Gasteiger partial charge in [0.15, 0.2) is 5.96 Å². The number of hydrogen-bond acceptors (Lipinski definition) is 3. The summed E-state index contributed by atoms with van der Waals surface area (Å²) < 4.78 is 11.2. The third kappa shape index (κ3) is 4.93. The number of nitrogens with zero attached hydrogens (tertiary/aromatic N) is 1. The van der Waals surface area contributed by atoms with Crippen molar-refractivity contribution in [1.29, 1.82) is 0 Å². The Hall–Kier alpha value is -1.75. The van der Waals surface area contributed by atoms with Crippen LogP contribution in [0, 0.1) is 0 Å². The van der Waals surface area contributed by atoms with E-state index in [4.69, 9.17) is 9.47 Å². The summed E-state index contributed by atoms with van der Waals surface area (Å²) in [6, 6.07) is 8.05. The predicted molar refractivity (Wildman–Crippen MR) is 84.8 cm³/mol. The first-order valence-corrected chi connectivity index (χ1v) is 7.60. The second-order valence-corrected chi connectivity index (χ2v) is 4.98. The lowest BCUT2D eigenvalue weighted by molar-refractivity contribution is 0.114. The first kappa shape index (κ1) is 15.6. The van der Waals surface area contributed by atoms with Gasteiger partial charge in [0.2, 0.25) is 0 Å². The topological polar surface area (TPSA) is 54.9 Å². The van der Waals surface area contributed by atoms with E-state index in [0.717, 1.165) is 43.3 Å². The Morgan fingerprint density at radius 1 is 1.38 bits per heavy atom. The van der Waals surface area contributed by atoms with Gasteiger partial charge in [-0.3, -0.25) is 4.99 Å². The highest BCUT2D eigenvalue weighted by Crippen LogP contribution is 2.17. The zero-order valence-corrected chi connectivity index (χ0v) is 12.9. The van der Waals surface area contributed by atoms with E-state index in [9.17, 15) is 0 Å². The van der Waals surface area contributed by atoms with Crippen molar-refractivity contribution in [3.8, 4) is 5.75 Å². The molecule has 1 unspecified atom stereocenters. The molecule has 0 bridgehead atoms. The normalized spacial score (nSPS) is 18.6. The van der Waals surface area contributed by atoms with Gasteiger partial charge in [0.25, 0.3) is 0 Å². The van der Waals surface area contributed by atoms with E-state index in [-0.39, 0.29) is 0 Å². The monoisotopic (exact) mass is 291 g/mol. The average molecular weight is 291 g/mol. The van der Waals surface area contributed by atoms with Gasteiger partial charge in [-0.1, -0.05) is 18.2 Å². The van der Waals surface area contributed by atoms with Crippen LogP contribution >= 0.6 is 0 Å². The highest BCUT2D eigenvalue weighted by Gasteiger charge is 2.15. The molecule has 1 aromatic carbocycles. The fourth-order valence-corrected chi connectivity index (χ4v) is 2.36. The fraction of sp³-hybridized carbons (Fsp3) is 0.562. The highest BCUT2D eigenvalue weighted by atomic mass is 16.5. The maximum Gasteiger partial charge on any atom is 0.191 e. The maximum absolute atomic E-state index is 5.62. The van der Waals surface area contributed by atoms with Gasteiger partial charge in [-0.25, -0.2) is 0 Å². The summed E-state index contributed by atoms with van der Waals surface area (Å²) in [4.78, 5) is 4.24. The van der Waals surface area contributed by atoms with Crippen molar-refractivity contribution < 1.29 is 9.47 Å². The molecule has 2 rings (SSSR count). The number of hydrogen-bond donors (Lipinski definition) is 2. The summed E-state index contributed by atoms with van der Waals surface area (Å²) in [7, 11) is 1.78. The minimum absolute atomic E-state index is 0.305. The number of rotatable bonds is 6. The van der Waals surface area contributed by atoms with E-state index >= 15 is 0 Å². The molecular formula is C16H25N3O2.